The molecule has 0 unspecified atom stereocenters. The van der Waals surface area contributed by atoms with Gasteiger partial charge in [-0.25, -0.2) is 4.79 Å². The Kier molecular flexibility index (Phi) is 5.22. The van der Waals surface area contributed by atoms with Gasteiger partial charge in [-0.2, -0.15) is 0 Å². The number of carbonyl (C=O) groups is 1. The number of hydrogen-bond acceptors (Lipinski definition) is 4. The number of esters is 1. The van der Waals surface area contributed by atoms with Crippen molar-refractivity contribution in [2.24, 2.45) is 0 Å². The fourth-order valence-corrected chi connectivity index (χ4v) is 1.22. The molecule has 0 atom stereocenters. The van der Waals surface area contributed by atoms with Crippen LogP contribution in [-0.4, -0.2) is 31.7 Å². The maximum atomic E-state index is 11.3. The number of rotatable bonds is 5. The molecule has 0 radical (unpaired) electrons. The average Bonchev–Trinajstić information content (AvgIpc) is 2.34. The van der Waals surface area contributed by atoms with Crippen LogP contribution in [0.25, 0.3) is 6.08 Å². The van der Waals surface area contributed by atoms with Gasteiger partial charge in [-0.05, 0) is 38.2 Å². The van der Waals surface area contributed by atoms with Crippen LogP contribution in [0.1, 0.15) is 22.5 Å². The molecule has 0 saturated heterocycles. The van der Waals surface area contributed by atoms with Crippen molar-refractivity contribution in [3.05, 3.63) is 35.7 Å². The lowest BCUT2D eigenvalue weighted by Crippen LogP contribution is -2.05. The predicted octanol–water partition coefficient (Wildman–Crippen LogP) is 1.49. The summed E-state index contributed by atoms with van der Waals surface area (Å²) in [5, 5.41) is 3.05. The zero-order valence-corrected chi connectivity index (χ0v) is 9.56. The van der Waals surface area contributed by atoms with Crippen molar-refractivity contribution in [1.82, 2.24) is 10.3 Å². The van der Waals surface area contributed by atoms with E-state index < -0.39 is 0 Å². The standard InChI is InChI=1S/C12H16N2O2/c1-13-7-4-3-5-11-9-10(6-8-14-11)12(15)16-2/h3,5-6,8-9,13H,4,7H2,1-2H3. The molecule has 0 spiro atoms. The molecule has 1 heterocycles. The minimum Gasteiger partial charge on any atom is -0.465 e. The van der Waals surface area contributed by atoms with Crippen LogP contribution in [0.4, 0.5) is 0 Å². The molecule has 1 N–H and O–H groups in total. The predicted molar refractivity (Wildman–Crippen MR) is 63.2 cm³/mol. The number of nitrogens with zero attached hydrogens (tertiary/aromatic N) is 1. The van der Waals surface area contributed by atoms with Gasteiger partial charge in [-0.3, -0.25) is 4.98 Å². The highest BCUT2D eigenvalue weighted by molar-refractivity contribution is 5.89. The number of pyridine rings is 1. The number of methoxy groups -OCH3 is 1. The molecule has 0 aromatic carbocycles. The Hall–Kier alpha value is -1.68. The molecule has 0 bridgehead atoms. The van der Waals surface area contributed by atoms with Crippen LogP contribution in [0.15, 0.2) is 24.4 Å². The second-order valence-electron chi connectivity index (χ2n) is 3.26. The highest BCUT2D eigenvalue weighted by Gasteiger charge is 2.04. The van der Waals surface area contributed by atoms with Crippen molar-refractivity contribution in [2.45, 2.75) is 6.42 Å². The van der Waals surface area contributed by atoms with Gasteiger partial charge in [0.1, 0.15) is 0 Å². The molecule has 1 aromatic heterocycles. The summed E-state index contributed by atoms with van der Waals surface area (Å²) in [4.78, 5) is 15.4. The third-order valence-corrected chi connectivity index (χ3v) is 2.05. The van der Waals surface area contributed by atoms with Crippen LogP contribution < -0.4 is 5.32 Å². The van der Waals surface area contributed by atoms with E-state index in [9.17, 15) is 4.79 Å². The van der Waals surface area contributed by atoms with Crippen LogP contribution in [-0.2, 0) is 4.74 Å². The first kappa shape index (κ1) is 12.4. The molecule has 0 aliphatic rings. The lowest BCUT2D eigenvalue weighted by molar-refractivity contribution is 0.0600. The first-order valence-corrected chi connectivity index (χ1v) is 5.13. The summed E-state index contributed by atoms with van der Waals surface area (Å²) in [6.07, 6.45) is 6.44. The first-order chi connectivity index (χ1) is 7.77. The molecule has 86 valence electrons. The molecule has 0 aliphatic carbocycles. The van der Waals surface area contributed by atoms with Crippen molar-refractivity contribution in [1.29, 1.82) is 0 Å². The summed E-state index contributed by atoms with van der Waals surface area (Å²) in [5.74, 6) is -0.340. The Balaban J connectivity index is 2.67. The van der Waals surface area contributed by atoms with Crippen LogP contribution in [0, 0.1) is 0 Å². The third-order valence-electron chi connectivity index (χ3n) is 2.05. The number of hydrogen-bond donors (Lipinski definition) is 1. The molecule has 0 aliphatic heterocycles. The summed E-state index contributed by atoms with van der Waals surface area (Å²) >= 11 is 0. The monoisotopic (exact) mass is 220 g/mol. The van der Waals surface area contributed by atoms with Crippen molar-refractivity contribution >= 4 is 12.0 Å². The van der Waals surface area contributed by atoms with Gasteiger partial charge in [0.05, 0.1) is 18.4 Å². The van der Waals surface area contributed by atoms with Crippen molar-refractivity contribution in [3.8, 4) is 0 Å². The first-order valence-electron chi connectivity index (χ1n) is 5.13. The van der Waals surface area contributed by atoms with E-state index in [0.29, 0.717) is 5.56 Å². The van der Waals surface area contributed by atoms with Gasteiger partial charge >= 0.3 is 5.97 Å². The zero-order chi connectivity index (χ0) is 11.8. The quantitative estimate of drug-likeness (QED) is 0.603. The number of carbonyl (C=O) groups excluding carboxylic acids is 1. The van der Waals surface area contributed by atoms with E-state index in [1.54, 1.807) is 18.3 Å². The fraction of sp³-hybridized carbons (Fsp3) is 0.333. The van der Waals surface area contributed by atoms with E-state index in [2.05, 4.69) is 15.0 Å². The Morgan fingerprint density at radius 2 is 2.44 bits per heavy atom. The van der Waals surface area contributed by atoms with E-state index in [1.165, 1.54) is 7.11 Å². The molecule has 16 heavy (non-hydrogen) atoms. The topological polar surface area (TPSA) is 51.2 Å². The molecule has 0 amide bonds. The second-order valence-corrected chi connectivity index (χ2v) is 3.26. The lowest BCUT2D eigenvalue weighted by atomic mass is 10.2. The maximum Gasteiger partial charge on any atom is 0.337 e. The normalized spacial score (nSPS) is 10.6. The Labute approximate surface area is 95.3 Å². The van der Waals surface area contributed by atoms with Crippen molar-refractivity contribution in [2.75, 3.05) is 20.7 Å². The third kappa shape index (κ3) is 3.82. The van der Waals surface area contributed by atoms with Gasteiger partial charge in [0.15, 0.2) is 0 Å². The number of aromatic nitrogens is 1. The Morgan fingerprint density at radius 1 is 1.62 bits per heavy atom. The van der Waals surface area contributed by atoms with Gasteiger partial charge in [-0.15, -0.1) is 0 Å². The molecular formula is C12H16N2O2. The van der Waals surface area contributed by atoms with Crippen LogP contribution in [0.5, 0.6) is 0 Å². The lowest BCUT2D eigenvalue weighted by Gasteiger charge is -1.99. The minimum absolute atomic E-state index is 0.340. The fourth-order valence-electron chi connectivity index (χ4n) is 1.22. The maximum absolute atomic E-state index is 11.3. The molecule has 0 fully saturated rings. The van der Waals surface area contributed by atoms with E-state index in [0.717, 1.165) is 18.7 Å². The van der Waals surface area contributed by atoms with Gasteiger partial charge in [0, 0.05) is 6.20 Å². The largest absolute Gasteiger partial charge is 0.465 e. The van der Waals surface area contributed by atoms with Crippen LogP contribution in [0.3, 0.4) is 0 Å². The minimum atomic E-state index is -0.340. The molecule has 1 rings (SSSR count). The van der Waals surface area contributed by atoms with Gasteiger partial charge in [0.25, 0.3) is 0 Å². The summed E-state index contributed by atoms with van der Waals surface area (Å²) in [6.45, 7) is 0.924. The average molecular weight is 220 g/mol. The van der Waals surface area contributed by atoms with Gasteiger partial charge < -0.3 is 10.1 Å². The highest BCUT2D eigenvalue weighted by atomic mass is 16.5. The molecule has 0 saturated carbocycles. The van der Waals surface area contributed by atoms with Crippen LogP contribution in [0.2, 0.25) is 0 Å². The summed E-state index contributed by atoms with van der Waals surface area (Å²) in [6, 6.07) is 3.35. The number of nitrogens with one attached hydrogen (secondary N) is 1. The SMILES string of the molecule is CNCCC=Cc1cc(C(=O)OC)ccn1. The van der Waals surface area contributed by atoms with E-state index >= 15 is 0 Å². The molecule has 4 heteroatoms. The van der Waals surface area contributed by atoms with Crippen molar-refractivity contribution < 1.29 is 9.53 Å². The smallest absolute Gasteiger partial charge is 0.337 e. The zero-order valence-electron chi connectivity index (χ0n) is 9.56. The van der Waals surface area contributed by atoms with Crippen molar-refractivity contribution in [3.63, 3.8) is 0 Å². The summed E-state index contributed by atoms with van der Waals surface area (Å²) in [7, 11) is 3.27. The van der Waals surface area contributed by atoms with E-state index in [-0.39, 0.29) is 5.97 Å². The Morgan fingerprint density at radius 3 is 3.12 bits per heavy atom. The molecular weight excluding hydrogens is 204 g/mol. The number of ether oxygens (including phenoxy) is 1. The van der Waals surface area contributed by atoms with Gasteiger partial charge in [0.2, 0.25) is 0 Å². The molecule has 1 aromatic rings. The Bertz CT molecular complexity index is 375. The second kappa shape index (κ2) is 6.74. The van der Waals surface area contributed by atoms with E-state index in [1.807, 2.05) is 19.2 Å². The summed E-state index contributed by atoms with van der Waals surface area (Å²) in [5.41, 5.74) is 1.28. The molecule has 4 nitrogen and oxygen atoms in total. The highest BCUT2D eigenvalue weighted by Crippen LogP contribution is 2.05. The van der Waals surface area contributed by atoms with Crippen LogP contribution >= 0.6 is 0 Å². The van der Waals surface area contributed by atoms with E-state index in [4.69, 9.17) is 0 Å². The summed E-state index contributed by atoms with van der Waals surface area (Å²) < 4.78 is 4.63. The van der Waals surface area contributed by atoms with Gasteiger partial charge in [-0.1, -0.05) is 6.08 Å².